The van der Waals surface area contributed by atoms with Crippen molar-refractivity contribution in [2.75, 3.05) is 0 Å². The summed E-state index contributed by atoms with van der Waals surface area (Å²) in [5.74, 6) is 1.31. The second-order valence-electron chi connectivity index (χ2n) is 6.25. The molecule has 0 aromatic heterocycles. The van der Waals surface area contributed by atoms with E-state index in [1.165, 1.54) is 0 Å². The second-order valence-corrected chi connectivity index (χ2v) is 6.25. The van der Waals surface area contributed by atoms with Crippen LogP contribution in [0.2, 0.25) is 0 Å². The number of ketones is 1. The number of carbonyl (C=O) groups excluding carboxylic acids is 1. The summed E-state index contributed by atoms with van der Waals surface area (Å²) in [6.07, 6.45) is 3.69. The number of rotatable bonds is 0. The second kappa shape index (κ2) is 2.24. The highest BCUT2D eigenvalue weighted by atomic mass is 16.3. The van der Waals surface area contributed by atoms with Crippen LogP contribution in [-0.4, -0.2) is 17.0 Å². The van der Waals surface area contributed by atoms with E-state index in [0.29, 0.717) is 11.7 Å². The first-order valence-corrected chi connectivity index (χ1v) is 5.68. The number of hydrogen-bond donors (Lipinski definition) is 1. The largest absolute Gasteiger partial charge is 0.392 e. The monoisotopic (exact) mass is 194 g/mol. The molecule has 0 spiro atoms. The summed E-state index contributed by atoms with van der Waals surface area (Å²) in [5.41, 5.74) is -0.368. The Kier molecular flexibility index (Phi) is 1.42. The summed E-state index contributed by atoms with van der Waals surface area (Å²) >= 11 is 0. The third-order valence-electron chi connectivity index (χ3n) is 5.00. The summed E-state index contributed by atoms with van der Waals surface area (Å²) < 4.78 is 0. The van der Waals surface area contributed by atoms with Gasteiger partial charge in [0.05, 0.1) is 11.5 Å². The molecule has 0 aromatic carbocycles. The molecule has 1 N–H and O–H groups in total. The van der Waals surface area contributed by atoms with Crippen LogP contribution in [-0.2, 0) is 4.79 Å². The molecule has 0 saturated heterocycles. The van der Waals surface area contributed by atoms with Crippen molar-refractivity contribution in [1.82, 2.24) is 0 Å². The van der Waals surface area contributed by atoms with Gasteiger partial charge in [0.15, 0.2) is 0 Å². The Morgan fingerprint density at radius 3 is 2.71 bits per heavy atom. The van der Waals surface area contributed by atoms with Crippen molar-refractivity contribution in [2.45, 2.75) is 45.6 Å². The van der Waals surface area contributed by atoms with Crippen molar-refractivity contribution in [2.24, 2.45) is 22.7 Å². The SMILES string of the molecule is C[C@]12CC3C[C@H](C1)C(=O)[C@@](C)(C3)[C@@H]2O. The predicted octanol–water partition coefficient (Wildman–Crippen LogP) is 1.76. The standard InChI is InChI=1S/C12H18O2/c1-11-4-7-3-8(6-11)9(13)12(2,5-7)10(11)14/h7-8,10,14H,3-6H2,1-2H3/t7?,8-,10-,11+,12-/m1/s1. The van der Waals surface area contributed by atoms with E-state index in [4.69, 9.17) is 0 Å². The minimum Gasteiger partial charge on any atom is -0.392 e. The molecule has 0 amide bonds. The van der Waals surface area contributed by atoms with Crippen molar-refractivity contribution >= 4 is 5.78 Å². The number of aliphatic hydroxyl groups excluding tert-OH is 1. The molecule has 0 heterocycles. The highest BCUT2D eigenvalue weighted by Crippen LogP contribution is 2.63. The fourth-order valence-electron chi connectivity index (χ4n) is 4.64. The number of hydrogen-bond acceptors (Lipinski definition) is 2. The molecule has 2 nitrogen and oxygen atoms in total. The Morgan fingerprint density at radius 1 is 1.29 bits per heavy atom. The third kappa shape index (κ3) is 0.796. The van der Waals surface area contributed by atoms with Crippen molar-refractivity contribution in [3.8, 4) is 0 Å². The van der Waals surface area contributed by atoms with Gasteiger partial charge in [-0.25, -0.2) is 0 Å². The van der Waals surface area contributed by atoms with Gasteiger partial charge in [-0.1, -0.05) is 13.8 Å². The van der Waals surface area contributed by atoms with Gasteiger partial charge in [0.25, 0.3) is 0 Å². The van der Waals surface area contributed by atoms with Gasteiger partial charge in [-0.15, -0.1) is 0 Å². The van der Waals surface area contributed by atoms with Gasteiger partial charge in [0, 0.05) is 5.92 Å². The lowest BCUT2D eigenvalue weighted by atomic mass is 9.43. The van der Waals surface area contributed by atoms with Gasteiger partial charge in [-0.3, -0.25) is 4.79 Å². The van der Waals surface area contributed by atoms with Crippen LogP contribution < -0.4 is 0 Å². The van der Waals surface area contributed by atoms with E-state index in [9.17, 15) is 9.90 Å². The van der Waals surface area contributed by atoms with Gasteiger partial charge >= 0.3 is 0 Å². The van der Waals surface area contributed by atoms with Crippen molar-refractivity contribution < 1.29 is 9.90 Å². The van der Waals surface area contributed by atoms with E-state index >= 15 is 0 Å². The first-order chi connectivity index (χ1) is 6.46. The molecule has 1 unspecified atom stereocenters. The topological polar surface area (TPSA) is 37.3 Å². The molecule has 5 atom stereocenters. The van der Waals surface area contributed by atoms with E-state index in [-0.39, 0.29) is 11.3 Å². The zero-order valence-corrected chi connectivity index (χ0v) is 8.92. The van der Waals surface area contributed by atoms with E-state index in [1.54, 1.807) is 0 Å². The molecule has 4 fully saturated rings. The molecule has 4 aliphatic carbocycles. The Hall–Kier alpha value is -0.370. The zero-order valence-electron chi connectivity index (χ0n) is 8.92. The van der Waals surface area contributed by atoms with E-state index in [0.717, 1.165) is 25.7 Å². The van der Waals surface area contributed by atoms with Crippen molar-refractivity contribution in [1.29, 1.82) is 0 Å². The molecule has 0 aliphatic heterocycles. The first-order valence-electron chi connectivity index (χ1n) is 5.68. The Bertz CT molecular complexity index is 311. The zero-order chi connectivity index (χ0) is 10.1. The maximum Gasteiger partial charge on any atom is 0.144 e. The number of carbonyl (C=O) groups is 1. The fourth-order valence-corrected chi connectivity index (χ4v) is 4.64. The summed E-state index contributed by atoms with van der Waals surface area (Å²) in [7, 11) is 0. The lowest BCUT2D eigenvalue weighted by Crippen LogP contribution is -2.64. The van der Waals surface area contributed by atoms with Gasteiger partial charge in [-0.2, -0.15) is 0 Å². The molecular formula is C12H18O2. The van der Waals surface area contributed by atoms with Crippen molar-refractivity contribution in [3.05, 3.63) is 0 Å². The first kappa shape index (κ1) is 8.90. The van der Waals surface area contributed by atoms with Gasteiger partial charge < -0.3 is 5.11 Å². The Balaban J connectivity index is 2.11. The highest BCUT2D eigenvalue weighted by Gasteiger charge is 2.64. The molecule has 2 heteroatoms. The molecule has 78 valence electrons. The van der Waals surface area contributed by atoms with Gasteiger partial charge in [-0.05, 0) is 37.0 Å². The van der Waals surface area contributed by atoms with E-state index in [2.05, 4.69) is 6.92 Å². The Labute approximate surface area is 84.7 Å². The lowest BCUT2D eigenvalue weighted by Gasteiger charge is -2.61. The molecule has 0 aromatic rings. The molecule has 4 bridgehead atoms. The van der Waals surface area contributed by atoms with Crippen molar-refractivity contribution in [3.63, 3.8) is 0 Å². The fraction of sp³-hybridized carbons (Fsp3) is 0.917. The summed E-state index contributed by atoms with van der Waals surface area (Å²) in [4.78, 5) is 12.1. The molecule has 4 saturated carbocycles. The maximum absolute atomic E-state index is 12.1. The van der Waals surface area contributed by atoms with Crippen LogP contribution in [0, 0.1) is 22.7 Å². The molecule has 0 radical (unpaired) electrons. The molecule has 14 heavy (non-hydrogen) atoms. The normalized spacial score (nSPS) is 60.8. The average Bonchev–Trinajstić information content (AvgIpc) is 2.10. The van der Waals surface area contributed by atoms with Crippen LogP contribution >= 0.6 is 0 Å². The number of aliphatic hydroxyl groups is 1. The summed E-state index contributed by atoms with van der Waals surface area (Å²) in [6.45, 7) is 4.15. The molecule has 4 rings (SSSR count). The van der Waals surface area contributed by atoms with Gasteiger partial charge in [0.1, 0.15) is 5.78 Å². The minimum atomic E-state index is -0.404. The minimum absolute atomic E-state index is 0.0362. The average molecular weight is 194 g/mol. The van der Waals surface area contributed by atoms with Crippen LogP contribution in [0.4, 0.5) is 0 Å². The van der Waals surface area contributed by atoms with Crippen LogP contribution in [0.3, 0.4) is 0 Å². The third-order valence-corrected chi connectivity index (χ3v) is 5.00. The van der Waals surface area contributed by atoms with Gasteiger partial charge in [0.2, 0.25) is 0 Å². The Morgan fingerprint density at radius 2 is 2.00 bits per heavy atom. The molecular weight excluding hydrogens is 176 g/mol. The number of Topliss-reactive ketones (excluding diaryl/α,β-unsaturated/α-hetero) is 1. The van der Waals surface area contributed by atoms with Crippen LogP contribution in [0.1, 0.15) is 39.5 Å². The molecule has 4 aliphatic rings. The van der Waals surface area contributed by atoms with E-state index in [1.807, 2.05) is 6.92 Å². The quantitative estimate of drug-likeness (QED) is 0.638. The van der Waals surface area contributed by atoms with Crippen LogP contribution in [0.5, 0.6) is 0 Å². The lowest BCUT2D eigenvalue weighted by molar-refractivity contribution is -0.195. The smallest absolute Gasteiger partial charge is 0.144 e. The van der Waals surface area contributed by atoms with E-state index < -0.39 is 11.5 Å². The van der Waals surface area contributed by atoms with Crippen LogP contribution in [0.25, 0.3) is 0 Å². The maximum atomic E-state index is 12.1. The summed E-state index contributed by atoms with van der Waals surface area (Å²) in [6, 6.07) is 0. The predicted molar refractivity (Wildman–Crippen MR) is 52.7 cm³/mol. The van der Waals surface area contributed by atoms with Crippen LogP contribution in [0.15, 0.2) is 0 Å². The highest BCUT2D eigenvalue weighted by molar-refractivity contribution is 5.89. The summed E-state index contributed by atoms with van der Waals surface area (Å²) in [5, 5.41) is 10.3.